The van der Waals surface area contributed by atoms with E-state index in [4.69, 9.17) is 28.2 Å². The summed E-state index contributed by atoms with van der Waals surface area (Å²) < 4.78 is 0. The number of nitrogens with zero attached hydrogens (tertiary/aromatic N) is 3. The van der Waals surface area contributed by atoms with Gasteiger partial charge >= 0.3 is 0 Å². The lowest BCUT2D eigenvalue weighted by Crippen LogP contribution is -2.36. The summed E-state index contributed by atoms with van der Waals surface area (Å²) in [7, 11) is 4.24. The van der Waals surface area contributed by atoms with Crippen LogP contribution >= 0.6 is 23.2 Å². The molecule has 2 heterocycles. The first-order chi connectivity index (χ1) is 15.2. The summed E-state index contributed by atoms with van der Waals surface area (Å²) in [5.41, 5.74) is 3.87. The van der Waals surface area contributed by atoms with Crippen molar-refractivity contribution in [3.05, 3.63) is 46.1 Å². The maximum atomic E-state index is 12.4. The van der Waals surface area contributed by atoms with Crippen molar-refractivity contribution in [3.63, 3.8) is 0 Å². The fourth-order valence-electron chi connectivity index (χ4n) is 4.29. The molecule has 1 aromatic carbocycles. The minimum atomic E-state index is -0.158. The molecule has 168 valence electrons. The summed E-state index contributed by atoms with van der Waals surface area (Å²) in [6, 6.07) is 7.78. The van der Waals surface area contributed by atoms with Crippen LogP contribution in [-0.4, -0.2) is 51.9 Å². The summed E-state index contributed by atoms with van der Waals surface area (Å²) in [6.07, 6.45) is 5.87. The van der Waals surface area contributed by atoms with Gasteiger partial charge in [-0.2, -0.15) is 0 Å². The SMILES string of the molecule is CC(=O)c1cnc2ccc(-c3cc(Cl)c(O)c(Cl)c3)nc2c1NC1CCC(N(C)C)CC1. The molecule has 0 amide bonds. The quantitative estimate of drug-likeness (QED) is 0.457. The second-order valence-corrected chi connectivity index (χ2v) is 9.38. The van der Waals surface area contributed by atoms with Crippen molar-refractivity contribution in [1.29, 1.82) is 0 Å². The van der Waals surface area contributed by atoms with Gasteiger partial charge in [0, 0.05) is 23.8 Å². The van der Waals surface area contributed by atoms with Gasteiger partial charge in [0.25, 0.3) is 0 Å². The second-order valence-electron chi connectivity index (χ2n) is 8.57. The maximum Gasteiger partial charge on any atom is 0.163 e. The lowest BCUT2D eigenvalue weighted by Gasteiger charge is -2.33. The zero-order valence-electron chi connectivity index (χ0n) is 18.3. The van der Waals surface area contributed by atoms with E-state index < -0.39 is 0 Å². The number of Topliss-reactive ketones (excluding diaryl/α,β-unsaturated/α-hetero) is 1. The van der Waals surface area contributed by atoms with Crippen molar-refractivity contribution in [2.24, 2.45) is 0 Å². The second kappa shape index (κ2) is 9.22. The van der Waals surface area contributed by atoms with E-state index in [1.165, 1.54) is 0 Å². The molecule has 1 aliphatic carbocycles. The Morgan fingerprint density at radius 3 is 2.38 bits per heavy atom. The third-order valence-corrected chi connectivity index (χ3v) is 6.76. The summed E-state index contributed by atoms with van der Waals surface area (Å²) in [5.74, 6) is -0.221. The number of hydrogen-bond acceptors (Lipinski definition) is 6. The Bertz CT molecular complexity index is 1150. The van der Waals surface area contributed by atoms with Crippen molar-refractivity contribution in [1.82, 2.24) is 14.9 Å². The van der Waals surface area contributed by atoms with Gasteiger partial charge in [-0.05, 0) is 71.0 Å². The number of anilines is 1. The summed E-state index contributed by atoms with van der Waals surface area (Å²) >= 11 is 12.2. The molecule has 0 bridgehead atoms. The van der Waals surface area contributed by atoms with E-state index in [0.29, 0.717) is 39.6 Å². The minimum Gasteiger partial charge on any atom is -0.505 e. The molecule has 6 nitrogen and oxygen atoms in total. The number of pyridine rings is 2. The average molecular weight is 473 g/mol. The number of phenolic OH excluding ortho intramolecular Hbond substituents is 1. The van der Waals surface area contributed by atoms with Crippen molar-refractivity contribution in [3.8, 4) is 17.0 Å². The highest BCUT2D eigenvalue weighted by Crippen LogP contribution is 2.37. The predicted octanol–water partition coefficient (Wildman–Crippen LogP) is 5.80. The van der Waals surface area contributed by atoms with E-state index in [-0.39, 0.29) is 27.6 Å². The normalized spacial score (nSPS) is 18.8. The number of ketones is 1. The summed E-state index contributed by atoms with van der Waals surface area (Å²) in [6.45, 7) is 1.54. The van der Waals surface area contributed by atoms with Crippen LogP contribution in [0, 0.1) is 0 Å². The number of hydrogen-bond donors (Lipinski definition) is 2. The monoisotopic (exact) mass is 472 g/mol. The minimum absolute atomic E-state index is 0.0631. The molecular formula is C24H26Cl2N4O2. The van der Waals surface area contributed by atoms with Gasteiger partial charge in [0.1, 0.15) is 5.52 Å². The molecule has 1 aliphatic rings. The Morgan fingerprint density at radius 1 is 1.12 bits per heavy atom. The number of nitrogens with one attached hydrogen (secondary N) is 1. The van der Waals surface area contributed by atoms with Crippen LogP contribution in [0.25, 0.3) is 22.3 Å². The highest BCUT2D eigenvalue weighted by molar-refractivity contribution is 6.37. The molecule has 1 saturated carbocycles. The van der Waals surface area contributed by atoms with E-state index in [0.717, 1.165) is 25.7 Å². The van der Waals surface area contributed by atoms with Gasteiger partial charge in [0.2, 0.25) is 0 Å². The molecule has 0 saturated heterocycles. The van der Waals surface area contributed by atoms with Crippen LogP contribution in [0.5, 0.6) is 5.75 Å². The molecule has 0 aliphatic heterocycles. The molecule has 2 aromatic heterocycles. The van der Waals surface area contributed by atoms with Gasteiger partial charge in [-0.3, -0.25) is 9.78 Å². The maximum absolute atomic E-state index is 12.4. The number of phenols is 1. The Kier molecular flexibility index (Phi) is 6.56. The van der Waals surface area contributed by atoms with E-state index in [1.54, 1.807) is 25.3 Å². The molecule has 2 N–H and O–H groups in total. The fourth-order valence-corrected chi connectivity index (χ4v) is 4.78. The third-order valence-electron chi connectivity index (χ3n) is 6.18. The number of fused-ring (bicyclic) bond motifs is 1. The standard InChI is InChI=1S/C24H26Cl2N4O2/c1-13(31)17-12-27-21-9-8-20(14-10-18(25)24(32)19(26)11-14)29-23(21)22(17)28-15-4-6-16(7-5-15)30(2)3/h8-12,15-16,32H,4-7H2,1-3H3,(H,27,28). The molecule has 4 rings (SSSR count). The van der Waals surface area contributed by atoms with E-state index >= 15 is 0 Å². The van der Waals surface area contributed by atoms with Gasteiger partial charge < -0.3 is 15.3 Å². The van der Waals surface area contributed by atoms with Gasteiger partial charge in [-0.15, -0.1) is 0 Å². The average Bonchev–Trinajstić information content (AvgIpc) is 2.77. The molecule has 0 unspecified atom stereocenters. The van der Waals surface area contributed by atoms with Gasteiger partial charge in [-0.1, -0.05) is 23.2 Å². The molecular weight excluding hydrogens is 447 g/mol. The number of halogens is 2. The van der Waals surface area contributed by atoms with Crippen LogP contribution < -0.4 is 5.32 Å². The number of carbonyl (C=O) groups excluding carboxylic acids is 1. The lowest BCUT2D eigenvalue weighted by molar-refractivity contribution is 0.101. The van der Waals surface area contributed by atoms with Crippen LogP contribution in [0.1, 0.15) is 43.0 Å². The van der Waals surface area contributed by atoms with Crippen LogP contribution in [0.2, 0.25) is 10.0 Å². The Labute approximate surface area is 197 Å². The number of aromatic hydroxyl groups is 1. The van der Waals surface area contributed by atoms with Crippen molar-refractivity contribution in [2.45, 2.75) is 44.7 Å². The van der Waals surface area contributed by atoms with Crippen LogP contribution in [-0.2, 0) is 0 Å². The van der Waals surface area contributed by atoms with Crippen molar-refractivity contribution >= 4 is 45.7 Å². The van der Waals surface area contributed by atoms with Crippen molar-refractivity contribution < 1.29 is 9.90 Å². The molecule has 0 atom stereocenters. The molecule has 0 spiro atoms. The first-order valence-corrected chi connectivity index (χ1v) is 11.4. The summed E-state index contributed by atoms with van der Waals surface area (Å²) in [4.78, 5) is 24.0. The van der Waals surface area contributed by atoms with Gasteiger partial charge in [0.05, 0.1) is 32.5 Å². The smallest absolute Gasteiger partial charge is 0.163 e. The Balaban J connectivity index is 1.75. The van der Waals surface area contributed by atoms with Gasteiger partial charge in [-0.25, -0.2) is 4.98 Å². The van der Waals surface area contributed by atoms with Crippen LogP contribution in [0.15, 0.2) is 30.5 Å². The zero-order valence-corrected chi connectivity index (χ0v) is 19.8. The Hall–Kier alpha value is -2.41. The number of aromatic nitrogens is 2. The molecule has 1 fully saturated rings. The largest absolute Gasteiger partial charge is 0.505 e. The van der Waals surface area contributed by atoms with E-state index in [9.17, 15) is 9.90 Å². The third kappa shape index (κ3) is 4.53. The summed E-state index contributed by atoms with van der Waals surface area (Å²) in [5, 5.41) is 13.8. The molecule has 8 heteroatoms. The molecule has 0 radical (unpaired) electrons. The molecule has 32 heavy (non-hydrogen) atoms. The fraction of sp³-hybridized carbons (Fsp3) is 0.375. The Morgan fingerprint density at radius 2 is 1.78 bits per heavy atom. The van der Waals surface area contributed by atoms with Crippen molar-refractivity contribution in [2.75, 3.05) is 19.4 Å². The topological polar surface area (TPSA) is 78.3 Å². The predicted molar refractivity (Wildman–Crippen MR) is 130 cm³/mol. The first-order valence-electron chi connectivity index (χ1n) is 10.7. The molecule has 3 aromatic rings. The lowest BCUT2D eigenvalue weighted by atomic mass is 9.90. The van der Waals surface area contributed by atoms with E-state index in [1.807, 2.05) is 12.1 Å². The zero-order chi connectivity index (χ0) is 23.0. The number of rotatable bonds is 5. The van der Waals surface area contributed by atoms with Gasteiger partial charge in [0.15, 0.2) is 11.5 Å². The van der Waals surface area contributed by atoms with E-state index in [2.05, 4.69) is 29.3 Å². The number of carbonyl (C=O) groups is 1. The first kappa shape index (κ1) is 22.8. The van der Waals surface area contributed by atoms with Crippen LogP contribution in [0.3, 0.4) is 0 Å². The highest BCUT2D eigenvalue weighted by atomic mass is 35.5. The van der Waals surface area contributed by atoms with Crippen LogP contribution in [0.4, 0.5) is 5.69 Å². The number of benzene rings is 1. The highest BCUT2D eigenvalue weighted by Gasteiger charge is 2.24.